The van der Waals surface area contributed by atoms with Gasteiger partial charge in [-0.05, 0) is 37.1 Å². The molecule has 0 aliphatic heterocycles. The van der Waals surface area contributed by atoms with Crippen molar-refractivity contribution in [1.29, 1.82) is 0 Å². The van der Waals surface area contributed by atoms with Crippen molar-refractivity contribution < 1.29 is 22.7 Å². The van der Waals surface area contributed by atoms with E-state index in [2.05, 4.69) is 15.1 Å². The smallest absolute Gasteiger partial charge is 0.405 e. The fourth-order valence-electron chi connectivity index (χ4n) is 2.58. The summed E-state index contributed by atoms with van der Waals surface area (Å²) in [4.78, 5) is 19.6. The zero-order chi connectivity index (χ0) is 19.6. The third-order valence-corrected chi connectivity index (χ3v) is 3.61. The molecule has 1 N–H and O–H groups in total. The Bertz CT molecular complexity index is 964. The van der Waals surface area contributed by atoms with Crippen molar-refractivity contribution in [3.63, 3.8) is 0 Å². The number of aromatic nitrogens is 4. The largest absolute Gasteiger partial charge is 0.467 e. The molecule has 0 atom stereocenters. The number of hydrogen-bond acceptors (Lipinski definition) is 5. The standard InChI is InChI=1S/C17H16F3N5O2/c1-10-3-11(2)5-12(4-10)25-15-13(6-24-25)16(23-9-22-15)27-7-14(26)21-8-17(18,19)20/h3-6,9H,7-8H2,1-2H3,(H,21,26). The Labute approximate surface area is 152 Å². The van der Waals surface area contributed by atoms with Crippen LogP contribution >= 0.6 is 0 Å². The molecule has 1 amide bonds. The quantitative estimate of drug-likeness (QED) is 0.737. The fraction of sp³-hybridized carbons (Fsp3) is 0.294. The molecule has 3 aromatic rings. The second-order valence-corrected chi connectivity index (χ2v) is 6.00. The molecule has 27 heavy (non-hydrogen) atoms. The van der Waals surface area contributed by atoms with Gasteiger partial charge in [0.2, 0.25) is 5.88 Å². The minimum Gasteiger partial charge on any atom is -0.467 e. The number of carbonyl (C=O) groups is 1. The number of alkyl halides is 3. The van der Waals surface area contributed by atoms with E-state index in [0.29, 0.717) is 11.0 Å². The molecule has 0 saturated carbocycles. The van der Waals surface area contributed by atoms with Crippen LogP contribution in [0, 0.1) is 13.8 Å². The van der Waals surface area contributed by atoms with Gasteiger partial charge in [0, 0.05) is 0 Å². The molecule has 0 unspecified atom stereocenters. The van der Waals surface area contributed by atoms with Crippen LogP contribution in [0.4, 0.5) is 13.2 Å². The number of nitrogens with zero attached hydrogens (tertiary/aromatic N) is 4. The number of halogens is 3. The second kappa shape index (κ2) is 7.22. The number of ether oxygens (including phenoxy) is 1. The lowest BCUT2D eigenvalue weighted by Gasteiger charge is -2.09. The number of carbonyl (C=O) groups excluding carboxylic acids is 1. The highest BCUT2D eigenvalue weighted by Crippen LogP contribution is 2.24. The molecule has 0 fully saturated rings. The first-order chi connectivity index (χ1) is 12.7. The summed E-state index contributed by atoms with van der Waals surface area (Å²) in [5, 5.41) is 6.46. The third-order valence-electron chi connectivity index (χ3n) is 3.61. The Kier molecular flexibility index (Phi) is 4.98. The van der Waals surface area contributed by atoms with Gasteiger partial charge < -0.3 is 10.1 Å². The summed E-state index contributed by atoms with van der Waals surface area (Å²) in [7, 11) is 0. The SMILES string of the molecule is Cc1cc(C)cc(-n2ncc3c(OCC(=O)NCC(F)(F)F)ncnc32)c1. The molecule has 0 spiro atoms. The summed E-state index contributed by atoms with van der Waals surface area (Å²) in [5.74, 6) is -0.835. The fourth-order valence-corrected chi connectivity index (χ4v) is 2.58. The molecule has 2 aromatic heterocycles. The first kappa shape index (κ1) is 18.6. The lowest BCUT2D eigenvalue weighted by atomic mass is 10.1. The van der Waals surface area contributed by atoms with Crippen LogP contribution in [-0.2, 0) is 4.79 Å². The van der Waals surface area contributed by atoms with Gasteiger partial charge in [-0.25, -0.2) is 14.6 Å². The predicted octanol–water partition coefficient (Wildman–Crippen LogP) is 2.49. The van der Waals surface area contributed by atoms with E-state index in [1.165, 1.54) is 12.5 Å². The van der Waals surface area contributed by atoms with Crippen molar-refractivity contribution in [1.82, 2.24) is 25.1 Å². The van der Waals surface area contributed by atoms with Crippen molar-refractivity contribution in [3.8, 4) is 11.6 Å². The summed E-state index contributed by atoms with van der Waals surface area (Å²) < 4.78 is 43.2. The van der Waals surface area contributed by atoms with Crippen molar-refractivity contribution in [2.45, 2.75) is 20.0 Å². The van der Waals surface area contributed by atoms with Crippen LogP contribution in [0.5, 0.6) is 5.88 Å². The van der Waals surface area contributed by atoms with Crippen molar-refractivity contribution in [2.24, 2.45) is 0 Å². The number of nitrogens with one attached hydrogen (secondary N) is 1. The number of fused-ring (bicyclic) bond motifs is 1. The summed E-state index contributed by atoms with van der Waals surface area (Å²) in [6.45, 7) is 1.91. The van der Waals surface area contributed by atoms with E-state index in [0.717, 1.165) is 16.8 Å². The van der Waals surface area contributed by atoms with Gasteiger partial charge in [0.25, 0.3) is 5.91 Å². The molecular weight excluding hydrogens is 363 g/mol. The van der Waals surface area contributed by atoms with E-state index in [9.17, 15) is 18.0 Å². The molecule has 7 nitrogen and oxygen atoms in total. The summed E-state index contributed by atoms with van der Waals surface area (Å²) in [6, 6.07) is 5.90. The molecule has 0 saturated heterocycles. The van der Waals surface area contributed by atoms with E-state index in [1.54, 1.807) is 10.00 Å². The lowest BCUT2D eigenvalue weighted by Crippen LogP contribution is -2.36. The van der Waals surface area contributed by atoms with Gasteiger partial charge in [-0.3, -0.25) is 4.79 Å². The van der Waals surface area contributed by atoms with Gasteiger partial charge >= 0.3 is 6.18 Å². The highest BCUT2D eigenvalue weighted by Gasteiger charge is 2.27. The maximum absolute atomic E-state index is 12.1. The van der Waals surface area contributed by atoms with Crippen LogP contribution in [0.1, 0.15) is 11.1 Å². The summed E-state index contributed by atoms with van der Waals surface area (Å²) in [6.07, 6.45) is -1.76. The highest BCUT2D eigenvalue weighted by molar-refractivity contribution is 5.82. The van der Waals surface area contributed by atoms with E-state index < -0.39 is 25.2 Å². The summed E-state index contributed by atoms with van der Waals surface area (Å²) >= 11 is 0. The molecule has 0 aliphatic carbocycles. The third kappa shape index (κ3) is 4.52. The van der Waals surface area contributed by atoms with Gasteiger partial charge in [0.15, 0.2) is 12.3 Å². The van der Waals surface area contributed by atoms with Crippen LogP contribution in [0.2, 0.25) is 0 Å². The maximum atomic E-state index is 12.1. The topological polar surface area (TPSA) is 81.9 Å². The average Bonchev–Trinajstić information content (AvgIpc) is 3.01. The second-order valence-electron chi connectivity index (χ2n) is 6.00. The number of benzene rings is 1. The van der Waals surface area contributed by atoms with E-state index in [1.807, 2.05) is 32.0 Å². The molecule has 142 valence electrons. The monoisotopic (exact) mass is 379 g/mol. The maximum Gasteiger partial charge on any atom is 0.405 e. The van der Waals surface area contributed by atoms with Gasteiger partial charge in [-0.15, -0.1) is 0 Å². The molecule has 0 radical (unpaired) electrons. The molecule has 1 aromatic carbocycles. The zero-order valence-electron chi connectivity index (χ0n) is 14.5. The molecule has 2 heterocycles. The van der Waals surface area contributed by atoms with Crippen molar-refractivity contribution >= 4 is 16.9 Å². The highest BCUT2D eigenvalue weighted by atomic mass is 19.4. The minimum absolute atomic E-state index is 0.0674. The first-order valence-electron chi connectivity index (χ1n) is 7.96. The van der Waals surface area contributed by atoms with Gasteiger partial charge in [-0.1, -0.05) is 6.07 Å². The number of aryl methyl sites for hydroxylation is 2. The predicted molar refractivity (Wildman–Crippen MR) is 90.7 cm³/mol. The Balaban J connectivity index is 1.80. The molecule has 3 rings (SSSR count). The van der Waals surface area contributed by atoms with Crippen LogP contribution in [-0.4, -0.2) is 45.0 Å². The first-order valence-corrected chi connectivity index (χ1v) is 7.96. The minimum atomic E-state index is -4.48. The Hall–Kier alpha value is -3.17. The van der Waals surface area contributed by atoms with Crippen LogP contribution in [0.25, 0.3) is 16.7 Å². The van der Waals surface area contributed by atoms with Gasteiger partial charge in [0.1, 0.15) is 18.3 Å². The number of amides is 1. The van der Waals surface area contributed by atoms with Crippen molar-refractivity contribution in [3.05, 3.63) is 41.9 Å². The molecule has 0 aliphatic rings. The van der Waals surface area contributed by atoms with Crippen LogP contribution < -0.4 is 10.1 Å². The molecular formula is C17H16F3N5O2. The van der Waals surface area contributed by atoms with E-state index in [-0.39, 0.29) is 5.88 Å². The molecule has 0 bridgehead atoms. The Morgan fingerprint density at radius 1 is 1.19 bits per heavy atom. The summed E-state index contributed by atoms with van der Waals surface area (Å²) in [5.41, 5.74) is 3.37. The van der Waals surface area contributed by atoms with E-state index in [4.69, 9.17) is 4.74 Å². The zero-order valence-corrected chi connectivity index (χ0v) is 14.5. The van der Waals surface area contributed by atoms with E-state index >= 15 is 0 Å². The van der Waals surface area contributed by atoms with Crippen molar-refractivity contribution in [2.75, 3.05) is 13.2 Å². The average molecular weight is 379 g/mol. The molecule has 10 heteroatoms. The number of rotatable bonds is 5. The lowest BCUT2D eigenvalue weighted by molar-refractivity contribution is -0.139. The Morgan fingerprint density at radius 2 is 1.89 bits per heavy atom. The van der Waals surface area contributed by atoms with Crippen LogP contribution in [0.3, 0.4) is 0 Å². The van der Waals surface area contributed by atoms with Crippen LogP contribution in [0.15, 0.2) is 30.7 Å². The Morgan fingerprint density at radius 3 is 2.56 bits per heavy atom. The van der Waals surface area contributed by atoms with Gasteiger partial charge in [-0.2, -0.15) is 18.3 Å². The van der Waals surface area contributed by atoms with Gasteiger partial charge in [0.05, 0.1) is 11.9 Å². The normalized spacial score (nSPS) is 11.6. The number of hydrogen-bond donors (Lipinski definition) is 1.